The number of fused-ring (bicyclic) bond motifs is 1. The Morgan fingerprint density at radius 1 is 1.28 bits per heavy atom. The van der Waals surface area contributed by atoms with Gasteiger partial charge in [-0.05, 0) is 55.8 Å². The zero-order valence-corrected chi connectivity index (χ0v) is 15.0. The summed E-state index contributed by atoms with van der Waals surface area (Å²) in [5.74, 6) is 1.67. The van der Waals surface area contributed by atoms with Crippen molar-refractivity contribution in [3.05, 3.63) is 29.8 Å². The predicted molar refractivity (Wildman–Crippen MR) is 95.5 cm³/mol. The van der Waals surface area contributed by atoms with Crippen molar-refractivity contribution in [1.29, 1.82) is 0 Å². The number of methoxy groups -OCH3 is 1. The molecule has 1 aromatic rings. The van der Waals surface area contributed by atoms with E-state index >= 15 is 0 Å². The molecule has 0 bridgehead atoms. The van der Waals surface area contributed by atoms with Crippen molar-refractivity contribution in [2.45, 2.75) is 44.4 Å². The van der Waals surface area contributed by atoms with Crippen LogP contribution in [0.2, 0.25) is 0 Å². The second-order valence-electron chi connectivity index (χ2n) is 7.57. The Hall–Kier alpha value is -1.59. The number of carbonyl (C=O) groups excluding carboxylic acids is 1. The van der Waals surface area contributed by atoms with Gasteiger partial charge in [0.1, 0.15) is 11.9 Å². The fraction of sp³-hybridized carbons (Fsp3) is 0.650. The van der Waals surface area contributed by atoms with Crippen LogP contribution in [0.15, 0.2) is 24.3 Å². The highest BCUT2D eigenvalue weighted by Gasteiger charge is 2.43. The minimum atomic E-state index is -0.204. The van der Waals surface area contributed by atoms with Gasteiger partial charge in [0.05, 0.1) is 13.2 Å². The second kappa shape index (κ2) is 7.34. The lowest BCUT2D eigenvalue weighted by Crippen LogP contribution is -2.42. The van der Waals surface area contributed by atoms with Gasteiger partial charge in [0.15, 0.2) is 0 Å². The van der Waals surface area contributed by atoms with Crippen molar-refractivity contribution in [2.75, 3.05) is 33.3 Å². The summed E-state index contributed by atoms with van der Waals surface area (Å²) in [6.45, 7) is 4.73. The van der Waals surface area contributed by atoms with Crippen LogP contribution in [0.5, 0.6) is 5.75 Å². The molecule has 5 nitrogen and oxygen atoms in total. The van der Waals surface area contributed by atoms with Crippen LogP contribution in [0.3, 0.4) is 0 Å². The van der Waals surface area contributed by atoms with Crippen molar-refractivity contribution in [2.24, 2.45) is 5.92 Å². The highest BCUT2D eigenvalue weighted by molar-refractivity contribution is 5.81. The molecule has 4 rings (SSSR count). The normalized spacial score (nSPS) is 29.6. The molecule has 25 heavy (non-hydrogen) atoms. The fourth-order valence-electron chi connectivity index (χ4n) is 4.47. The molecule has 0 aromatic heterocycles. The number of nitrogens with zero attached hydrogens (tertiary/aromatic N) is 2. The van der Waals surface area contributed by atoms with Crippen molar-refractivity contribution in [3.8, 4) is 5.75 Å². The van der Waals surface area contributed by atoms with Crippen LogP contribution >= 0.6 is 0 Å². The Morgan fingerprint density at radius 3 is 2.92 bits per heavy atom. The first-order valence-corrected chi connectivity index (χ1v) is 9.52. The number of carbonyl (C=O) groups is 1. The number of ether oxygens (including phenoxy) is 2. The van der Waals surface area contributed by atoms with Crippen molar-refractivity contribution in [3.63, 3.8) is 0 Å². The maximum absolute atomic E-state index is 12.6. The van der Waals surface area contributed by atoms with Crippen LogP contribution in [0.4, 0.5) is 0 Å². The molecule has 1 aromatic carbocycles. The monoisotopic (exact) mass is 344 g/mol. The van der Waals surface area contributed by atoms with E-state index in [0.29, 0.717) is 5.92 Å². The number of hydrogen-bond acceptors (Lipinski definition) is 4. The van der Waals surface area contributed by atoms with Gasteiger partial charge in [-0.15, -0.1) is 0 Å². The van der Waals surface area contributed by atoms with E-state index in [1.165, 1.54) is 5.56 Å². The lowest BCUT2D eigenvalue weighted by Gasteiger charge is -2.34. The Morgan fingerprint density at radius 2 is 2.12 bits per heavy atom. The Labute approximate surface area is 149 Å². The van der Waals surface area contributed by atoms with E-state index in [2.05, 4.69) is 17.0 Å². The lowest BCUT2D eigenvalue weighted by molar-refractivity contribution is -0.142. The van der Waals surface area contributed by atoms with Gasteiger partial charge in [-0.25, -0.2) is 0 Å². The minimum absolute atomic E-state index is 0.204. The molecule has 0 N–H and O–H groups in total. The number of benzene rings is 1. The van der Waals surface area contributed by atoms with Crippen LogP contribution in [0, 0.1) is 5.92 Å². The van der Waals surface area contributed by atoms with Gasteiger partial charge in [0, 0.05) is 26.2 Å². The minimum Gasteiger partial charge on any atom is -0.497 e. The van der Waals surface area contributed by atoms with E-state index in [4.69, 9.17) is 9.47 Å². The molecule has 3 aliphatic rings. The van der Waals surface area contributed by atoms with Gasteiger partial charge < -0.3 is 14.4 Å². The van der Waals surface area contributed by atoms with Gasteiger partial charge in [-0.1, -0.05) is 12.1 Å². The molecule has 136 valence electrons. The maximum atomic E-state index is 12.6. The number of rotatable bonds is 4. The molecule has 5 heteroatoms. The molecule has 0 spiro atoms. The van der Waals surface area contributed by atoms with E-state index in [1.807, 2.05) is 17.0 Å². The van der Waals surface area contributed by atoms with Crippen molar-refractivity contribution >= 4 is 5.91 Å². The van der Waals surface area contributed by atoms with Crippen LogP contribution < -0.4 is 4.74 Å². The summed E-state index contributed by atoms with van der Waals surface area (Å²) < 4.78 is 11.5. The highest BCUT2D eigenvalue weighted by Crippen LogP contribution is 2.35. The van der Waals surface area contributed by atoms with Gasteiger partial charge in [0.2, 0.25) is 0 Å². The third-order valence-electron chi connectivity index (χ3n) is 5.87. The summed E-state index contributed by atoms with van der Waals surface area (Å²) >= 11 is 0. The largest absolute Gasteiger partial charge is 0.497 e. The molecule has 3 atom stereocenters. The molecule has 0 aliphatic carbocycles. The summed E-state index contributed by atoms with van der Waals surface area (Å²) in [5.41, 5.74) is 1.26. The Kier molecular flexibility index (Phi) is 4.95. The second-order valence-corrected chi connectivity index (χ2v) is 7.57. The van der Waals surface area contributed by atoms with Gasteiger partial charge in [-0.3, -0.25) is 9.69 Å². The molecule has 0 saturated carbocycles. The lowest BCUT2D eigenvalue weighted by atomic mass is 9.91. The zero-order valence-electron chi connectivity index (χ0n) is 15.0. The molecule has 3 heterocycles. The molecular weight excluding hydrogens is 316 g/mol. The molecule has 3 fully saturated rings. The van der Waals surface area contributed by atoms with Crippen molar-refractivity contribution in [1.82, 2.24) is 9.80 Å². The first-order chi connectivity index (χ1) is 12.2. The molecule has 3 saturated heterocycles. The smallest absolute Gasteiger partial charge is 0.251 e. The average Bonchev–Trinajstić information content (AvgIpc) is 3.30. The Balaban J connectivity index is 1.34. The van der Waals surface area contributed by atoms with Crippen LogP contribution in [0.1, 0.15) is 31.2 Å². The highest BCUT2D eigenvalue weighted by atomic mass is 16.5. The molecular formula is C20H28N2O3. The van der Waals surface area contributed by atoms with E-state index in [-0.39, 0.29) is 18.1 Å². The summed E-state index contributed by atoms with van der Waals surface area (Å²) in [4.78, 5) is 17.0. The summed E-state index contributed by atoms with van der Waals surface area (Å²) in [7, 11) is 1.70. The summed E-state index contributed by atoms with van der Waals surface area (Å²) in [6.07, 6.45) is 4.31. The zero-order chi connectivity index (χ0) is 17.2. The van der Waals surface area contributed by atoms with E-state index < -0.39 is 0 Å². The van der Waals surface area contributed by atoms with E-state index in [1.54, 1.807) is 7.11 Å². The van der Waals surface area contributed by atoms with E-state index in [0.717, 1.165) is 64.2 Å². The average molecular weight is 344 g/mol. The first kappa shape index (κ1) is 16.9. The van der Waals surface area contributed by atoms with Gasteiger partial charge >= 0.3 is 0 Å². The summed E-state index contributed by atoms with van der Waals surface area (Å²) in [6, 6.07) is 8.26. The summed E-state index contributed by atoms with van der Waals surface area (Å²) in [5, 5.41) is 0. The number of likely N-dealkylation sites (tertiary alicyclic amines) is 2. The van der Waals surface area contributed by atoms with Crippen LogP contribution in [-0.4, -0.2) is 61.2 Å². The quantitative estimate of drug-likeness (QED) is 0.840. The maximum Gasteiger partial charge on any atom is 0.251 e. The third kappa shape index (κ3) is 3.67. The van der Waals surface area contributed by atoms with Crippen LogP contribution in [-0.2, 0) is 16.1 Å². The number of piperidine rings is 1. The topological polar surface area (TPSA) is 42.0 Å². The molecule has 0 radical (unpaired) electrons. The number of amides is 1. The van der Waals surface area contributed by atoms with Gasteiger partial charge in [0.25, 0.3) is 5.91 Å². The standard InChI is InChI=1S/C20H28N2O3/c1-24-17-6-4-5-15(11-17)13-21-10-7-16-12-18(25-19(16)14-21)20(23)22-8-2-3-9-22/h4-6,11,16,18-19H,2-3,7-10,12-14H2,1H3/t16-,18+,19-/m1/s1. The SMILES string of the molecule is COc1cccc(CN2CC[C@@H]3C[C@@H](C(=O)N4CCCC4)O[C@@H]3C2)c1. The molecule has 3 aliphatic heterocycles. The van der Waals surface area contributed by atoms with Crippen molar-refractivity contribution < 1.29 is 14.3 Å². The van der Waals surface area contributed by atoms with Crippen LogP contribution in [0.25, 0.3) is 0 Å². The first-order valence-electron chi connectivity index (χ1n) is 9.52. The molecule has 0 unspecified atom stereocenters. The molecule has 1 amide bonds. The predicted octanol–water partition coefficient (Wildman–Crippen LogP) is 2.30. The fourth-order valence-corrected chi connectivity index (χ4v) is 4.47. The third-order valence-corrected chi connectivity index (χ3v) is 5.87. The number of hydrogen-bond donors (Lipinski definition) is 0. The Bertz CT molecular complexity index is 615. The van der Waals surface area contributed by atoms with E-state index in [9.17, 15) is 4.79 Å². The van der Waals surface area contributed by atoms with Gasteiger partial charge in [-0.2, -0.15) is 0 Å².